The van der Waals surface area contributed by atoms with Crippen LogP contribution in [-0.4, -0.2) is 34.2 Å². The second kappa shape index (κ2) is 9.04. The topological polar surface area (TPSA) is 52.0 Å². The molecule has 5 nitrogen and oxygen atoms in total. The number of nitrogens with one attached hydrogen (secondary N) is 1. The number of ether oxygens (including phenoxy) is 1. The van der Waals surface area contributed by atoms with Crippen LogP contribution in [0.4, 0.5) is 0 Å². The average Bonchev–Trinajstić information content (AvgIpc) is 2.80. The SMILES string of the molecule is CCCC(C)COCCn1cc(CNC(C)C)nn1. The fourth-order valence-electron chi connectivity index (χ4n) is 1.86. The highest BCUT2D eigenvalue weighted by Crippen LogP contribution is 2.04. The molecule has 0 spiro atoms. The second-order valence-corrected chi connectivity index (χ2v) is 5.48. The van der Waals surface area contributed by atoms with E-state index in [1.165, 1.54) is 12.8 Å². The Hall–Kier alpha value is -0.940. The zero-order valence-electron chi connectivity index (χ0n) is 12.7. The first-order chi connectivity index (χ1) is 9.11. The van der Waals surface area contributed by atoms with Crippen molar-refractivity contribution in [3.05, 3.63) is 11.9 Å². The molecule has 0 bridgehead atoms. The van der Waals surface area contributed by atoms with Crippen molar-refractivity contribution in [1.82, 2.24) is 20.3 Å². The van der Waals surface area contributed by atoms with Crippen LogP contribution in [-0.2, 0) is 17.8 Å². The summed E-state index contributed by atoms with van der Waals surface area (Å²) in [6.45, 7) is 11.8. The largest absolute Gasteiger partial charge is 0.379 e. The van der Waals surface area contributed by atoms with Crippen molar-refractivity contribution in [1.29, 1.82) is 0 Å². The molecular weight excluding hydrogens is 240 g/mol. The molecule has 0 aliphatic heterocycles. The van der Waals surface area contributed by atoms with Crippen LogP contribution in [0.2, 0.25) is 0 Å². The fraction of sp³-hybridized carbons (Fsp3) is 0.857. The first kappa shape index (κ1) is 16.1. The normalized spacial score (nSPS) is 13.1. The zero-order valence-corrected chi connectivity index (χ0v) is 12.7. The molecule has 1 rings (SSSR count). The molecular formula is C14H28N4O. The quantitative estimate of drug-likeness (QED) is 0.661. The molecule has 1 aromatic heterocycles. The van der Waals surface area contributed by atoms with E-state index in [4.69, 9.17) is 4.74 Å². The van der Waals surface area contributed by atoms with Gasteiger partial charge in [0.2, 0.25) is 0 Å². The maximum Gasteiger partial charge on any atom is 0.0964 e. The van der Waals surface area contributed by atoms with E-state index in [9.17, 15) is 0 Å². The van der Waals surface area contributed by atoms with Gasteiger partial charge < -0.3 is 10.1 Å². The molecule has 0 aliphatic rings. The van der Waals surface area contributed by atoms with Gasteiger partial charge in [0.25, 0.3) is 0 Å². The Morgan fingerprint density at radius 3 is 2.84 bits per heavy atom. The van der Waals surface area contributed by atoms with Gasteiger partial charge in [0.1, 0.15) is 0 Å². The van der Waals surface area contributed by atoms with Crippen LogP contribution in [0.1, 0.15) is 46.2 Å². The molecule has 1 atom stereocenters. The van der Waals surface area contributed by atoms with Gasteiger partial charge in [0, 0.05) is 25.4 Å². The van der Waals surface area contributed by atoms with E-state index in [-0.39, 0.29) is 0 Å². The summed E-state index contributed by atoms with van der Waals surface area (Å²) in [6.07, 6.45) is 4.43. The first-order valence-electron chi connectivity index (χ1n) is 7.32. The van der Waals surface area contributed by atoms with Crippen LogP contribution in [0.3, 0.4) is 0 Å². The molecule has 0 aliphatic carbocycles. The maximum atomic E-state index is 5.66. The minimum absolute atomic E-state index is 0.466. The molecule has 1 aromatic rings. The van der Waals surface area contributed by atoms with Crippen molar-refractivity contribution >= 4 is 0 Å². The van der Waals surface area contributed by atoms with Gasteiger partial charge in [-0.1, -0.05) is 39.3 Å². The molecule has 19 heavy (non-hydrogen) atoms. The number of nitrogens with zero attached hydrogens (tertiary/aromatic N) is 3. The zero-order chi connectivity index (χ0) is 14.1. The first-order valence-corrected chi connectivity index (χ1v) is 7.32. The van der Waals surface area contributed by atoms with Crippen LogP contribution in [0.5, 0.6) is 0 Å². The van der Waals surface area contributed by atoms with Gasteiger partial charge in [-0.15, -0.1) is 5.10 Å². The predicted octanol–water partition coefficient (Wildman–Crippen LogP) is 2.23. The third kappa shape index (κ3) is 7.28. The molecule has 0 amide bonds. The van der Waals surface area contributed by atoms with E-state index >= 15 is 0 Å². The summed E-state index contributed by atoms with van der Waals surface area (Å²) in [7, 11) is 0. The van der Waals surface area contributed by atoms with E-state index in [2.05, 4.69) is 43.3 Å². The lowest BCUT2D eigenvalue weighted by Crippen LogP contribution is -2.21. The van der Waals surface area contributed by atoms with Crippen molar-refractivity contribution in [2.45, 2.75) is 59.7 Å². The lowest BCUT2D eigenvalue weighted by molar-refractivity contribution is 0.0931. The van der Waals surface area contributed by atoms with Crippen molar-refractivity contribution in [3.8, 4) is 0 Å². The minimum Gasteiger partial charge on any atom is -0.379 e. The van der Waals surface area contributed by atoms with Crippen molar-refractivity contribution in [3.63, 3.8) is 0 Å². The summed E-state index contributed by atoms with van der Waals surface area (Å²) in [5.41, 5.74) is 0.980. The monoisotopic (exact) mass is 268 g/mol. The Morgan fingerprint density at radius 1 is 1.37 bits per heavy atom. The molecule has 1 N–H and O–H groups in total. The number of rotatable bonds is 10. The van der Waals surface area contributed by atoms with Crippen molar-refractivity contribution in [2.24, 2.45) is 5.92 Å². The summed E-state index contributed by atoms with van der Waals surface area (Å²) < 4.78 is 7.50. The number of hydrogen-bond donors (Lipinski definition) is 1. The van der Waals surface area contributed by atoms with E-state index in [0.29, 0.717) is 18.6 Å². The van der Waals surface area contributed by atoms with Crippen molar-refractivity contribution in [2.75, 3.05) is 13.2 Å². The van der Waals surface area contributed by atoms with E-state index in [1.807, 2.05) is 10.9 Å². The Balaban J connectivity index is 2.16. The second-order valence-electron chi connectivity index (χ2n) is 5.48. The third-order valence-electron chi connectivity index (χ3n) is 2.93. The number of aromatic nitrogens is 3. The van der Waals surface area contributed by atoms with Gasteiger partial charge >= 0.3 is 0 Å². The molecule has 110 valence electrons. The highest BCUT2D eigenvalue weighted by molar-refractivity contribution is 4.91. The van der Waals surface area contributed by atoms with Gasteiger partial charge in [-0.3, -0.25) is 0 Å². The van der Waals surface area contributed by atoms with Crippen LogP contribution in [0, 0.1) is 5.92 Å². The standard InChI is InChI=1S/C14H28N4O/c1-5-6-13(4)11-19-8-7-18-10-14(16-17-18)9-15-12(2)3/h10,12-13,15H,5-9,11H2,1-4H3. The van der Waals surface area contributed by atoms with Gasteiger partial charge in [-0.25, -0.2) is 4.68 Å². The van der Waals surface area contributed by atoms with Gasteiger partial charge in [0.15, 0.2) is 0 Å². The summed E-state index contributed by atoms with van der Waals surface area (Å²) in [5, 5.41) is 11.5. The summed E-state index contributed by atoms with van der Waals surface area (Å²) in [4.78, 5) is 0. The lowest BCUT2D eigenvalue weighted by atomic mass is 10.1. The Morgan fingerprint density at radius 2 is 2.16 bits per heavy atom. The molecule has 5 heteroatoms. The Bertz CT molecular complexity index is 338. The molecule has 0 saturated heterocycles. The minimum atomic E-state index is 0.466. The summed E-state index contributed by atoms with van der Waals surface area (Å²) in [5.74, 6) is 0.645. The van der Waals surface area contributed by atoms with Crippen LogP contribution in [0.25, 0.3) is 0 Å². The summed E-state index contributed by atoms with van der Waals surface area (Å²) >= 11 is 0. The molecule has 0 aromatic carbocycles. The van der Waals surface area contributed by atoms with Crippen LogP contribution < -0.4 is 5.32 Å². The molecule has 0 radical (unpaired) electrons. The lowest BCUT2D eigenvalue weighted by Gasteiger charge is -2.10. The van der Waals surface area contributed by atoms with E-state index in [0.717, 1.165) is 25.4 Å². The number of hydrogen-bond acceptors (Lipinski definition) is 4. The highest BCUT2D eigenvalue weighted by atomic mass is 16.5. The Kier molecular flexibility index (Phi) is 7.67. The van der Waals surface area contributed by atoms with Crippen molar-refractivity contribution < 1.29 is 4.74 Å². The third-order valence-corrected chi connectivity index (χ3v) is 2.93. The van der Waals surface area contributed by atoms with E-state index < -0.39 is 0 Å². The van der Waals surface area contributed by atoms with E-state index in [1.54, 1.807) is 0 Å². The van der Waals surface area contributed by atoms with Gasteiger partial charge in [-0.2, -0.15) is 0 Å². The Labute approximate surface area is 116 Å². The molecule has 1 heterocycles. The van der Waals surface area contributed by atoms with Crippen LogP contribution in [0.15, 0.2) is 6.20 Å². The molecule has 1 unspecified atom stereocenters. The van der Waals surface area contributed by atoms with Gasteiger partial charge in [0.05, 0.1) is 18.8 Å². The molecule has 0 saturated carbocycles. The highest BCUT2D eigenvalue weighted by Gasteiger charge is 2.03. The van der Waals surface area contributed by atoms with Crippen LogP contribution >= 0.6 is 0 Å². The smallest absolute Gasteiger partial charge is 0.0964 e. The van der Waals surface area contributed by atoms with Gasteiger partial charge in [-0.05, 0) is 12.3 Å². The average molecular weight is 268 g/mol. The molecule has 0 fully saturated rings. The predicted molar refractivity (Wildman–Crippen MR) is 76.9 cm³/mol. The summed E-state index contributed by atoms with van der Waals surface area (Å²) in [6, 6.07) is 0.466. The fourth-order valence-corrected chi connectivity index (χ4v) is 1.86. The maximum absolute atomic E-state index is 5.66.